The number of nitrogens with one attached hydrogen (secondary N) is 1. The maximum absolute atomic E-state index is 10.7. The zero-order valence-corrected chi connectivity index (χ0v) is 11.6. The van der Waals surface area contributed by atoms with E-state index in [0.717, 1.165) is 11.4 Å². The molecule has 2 rings (SSSR count). The smallest absolute Gasteiger partial charge is 0.270 e. The Hall–Kier alpha value is -3.01. The second kappa shape index (κ2) is 5.96. The molecular weight excluding hydrogens is 270 g/mol. The lowest BCUT2D eigenvalue weighted by molar-refractivity contribution is -0.384. The van der Waals surface area contributed by atoms with Gasteiger partial charge in [-0.3, -0.25) is 20.1 Å². The van der Waals surface area contributed by atoms with Crippen molar-refractivity contribution >= 4 is 11.4 Å². The minimum atomic E-state index is -0.527. The maximum Gasteiger partial charge on any atom is 0.270 e. The lowest BCUT2D eigenvalue weighted by atomic mass is 10.1. The van der Waals surface area contributed by atoms with E-state index >= 15 is 0 Å². The summed E-state index contributed by atoms with van der Waals surface area (Å²) in [5.74, 6) is 0. The molecule has 1 aromatic heterocycles. The van der Waals surface area contributed by atoms with Crippen molar-refractivity contribution in [2.24, 2.45) is 0 Å². The molecule has 1 unspecified atom stereocenters. The van der Waals surface area contributed by atoms with Crippen LogP contribution in [0.1, 0.15) is 29.9 Å². The zero-order chi connectivity index (χ0) is 15.4. The Morgan fingerprint density at radius 1 is 1.38 bits per heavy atom. The van der Waals surface area contributed by atoms with Crippen molar-refractivity contribution in [2.75, 3.05) is 5.32 Å². The fourth-order valence-electron chi connectivity index (χ4n) is 2.01. The van der Waals surface area contributed by atoms with Crippen molar-refractivity contribution in [2.45, 2.75) is 19.9 Å². The van der Waals surface area contributed by atoms with Crippen LogP contribution in [0.3, 0.4) is 0 Å². The van der Waals surface area contributed by atoms with Crippen LogP contribution in [-0.2, 0) is 0 Å². The second-order valence-corrected chi connectivity index (χ2v) is 4.49. The molecule has 7 nitrogen and oxygen atoms in total. The number of non-ortho nitro benzene ring substituents is 1. The van der Waals surface area contributed by atoms with Crippen LogP contribution < -0.4 is 5.32 Å². The van der Waals surface area contributed by atoms with Gasteiger partial charge in [0.25, 0.3) is 5.69 Å². The standard InChI is InChI=1S/C14H13N5O2/c1-9-14(17-6-5-16-9)10(2)18-13-4-3-12(19(20)21)7-11(13)8-15/h3-7,10,18H,1-2H3. The van der Waals surface area contributed by atoms with Gasteiger partial charge in [0, 0.05) is 24.5 Å². The first-order valence-corrected chi connectivity index (χ1v) is 6.25. The molecule has 0 spiro atoms. The Bertz CT molecular complexity index is 724. The van der Waals surface area contributed by atoms with Gasteiger partial charge in [-0.05, 0) is 19.9 Å². The van der Waals surface area contributed by atoms with Gasteiger partial charge in [0.15, 0.2) is 0 Å². The number of nitro groups is 1. The quantitative estimate of drug-likeness (QED) is 0.683. The number of nitrogens with zero attached hydrogens (tertiary/aromatic N) is 4. The number of rotatable bonds is 4. The minimum absolute atomic E-state index is 0.111. The average Bonchev–Trinajstić information content (AvgIpc) is 2.47. The predicted molar refractivity (Wildman–Crippen MR) is 76.6 cm³/mol. The van der Waals surface area contributed by atoms with Crippen molar-refractivity contribution in [1.29, 1.82) is 5.26 Å². The van der Waals surface area contributed by atoms with Gasteiger partial charge in [0.2, 0.25) is 0 Å². The highest BCUT2D eigenvalue weighted by molar-refractivity contribution is 5.62. The summed E-state index contributed by atoms with van der Waals surface area (Å²) in [7, 11) is 0. The van der Waals surface area contributed by atoms with Crippen molar-refractivity contribution in [1.82, 2.24) is 9.97 Å². The second-order valence-electron chi connectivity index (χ2n) is 4.49. The molecule has 1 N–H and O–H groups in total. The van der Waals surface area contributed by atoms with Crippen molar-refractivity contribution < 1.29 is 4.92 Å². The molecule has 1 atom stereocenters. The van der Waals surface area contributed by atoms with Crippen LogP contribution in [0, 0.1) is 28.4 Å². The van der Waals surface area contributed by atoms with E-state index in [1.807, 2.05) is 19.9 Å². The van der Waals surface area contributed by atoms with Gasteiger partial charge in [-0.15, -0.1) is 0 Å². The van der Waals surface area contributed by atoms with E-state index in [1.54, 1.807) is 12.4 Å². The average molecular weight is 283 g/mol. The topological polar surface area (TPSA) is 105 Å². The lowest BCUT2D eigenvalue weighted by Crippen LogP contribution is -2.12. The predicted octanol–water partition coefficient (Wildman–Crippen LogP) is 2.74. The van der Waals surface area contributed by atoms with Crippen LogP contribution in [0.15, 0.2) is 30.6 Å². The van der Waals surface area contributed by atoms with E-state index in [-0.39, 0.29) is 17.3 Å². The summed E-state index contributed by atoms with van der Waals surface area (Å²) in [5, 5.41) is 23.0. The Balaban J connectivity index is 2.30. The van der Waals surface area contributed by atoms with E-state index in [0.29, 0.717) is 5.69 Å². The summed E-state index contributed by atoms with van der Waals surface area (Å²) in [6.07, 6.45) is 3.21. The Labute approximate surface area is 121 Å². The third-order valence-corrected chi connectivity index (χ3v) is 3.04. The third-order valence-electron chi connectivity index (χ3n) is 3.04. The third kappa shape index (κ3) is 3.12. The Kier molecular flexibility index (Phi) is 4.09. The number of anilines is 1. The summed E-state index contributed by atoms with van der Waals surface area (Å²) < 4.78 is 0. The number of nitro benzene ring substituents is 1. The van der Waals surface area contributed by atoms with Gasteiger partial charge in [0.1, 0.15) is 6.07 Å². The number of hydrogen-bond donors (Lipinski definition) is 1. The van der Waals surface area contributed by atoms with Gasteiger partial charge < -0.3 is 5.32 Å². The highest BCUT2D eigenvalue weighted by Crippen LogP contribution is 2.25. The Morgan fingerprint density at radius 3 is 2.71 bits per heavy atom. The molecule has 106 valence electrons. The van der Waals surface area contributed by atoms with Gasteiger partial charge in [-0.25, -0.2) is 0 Å². The summed E-state index contributed by atoms with van der Waals surface area (Å²) >= 11 is 0. The highest BCUT2D eigenvalue weighted by Gasteiger charge is 2.15. The molecule has 0 radical (unpaired) electrons. The molecule has 2 aromatic rings. The maximum atomic E-state index is 10.7. The van der Waals surface area contributed by atoms with E-state index in [2.05, 4.69) is 15.3 Å². The number of nitriles is 1. The first kappa shape index (κ1) is 14.4. The van der Waals surface area contributed by atoms with Gasteiger partial charge in [-0.1, -0.05) is 0 Å². The highest BCUT2D eigenvalue weighted by atomic mass is 16.6. The molecule has 0 saturated heterocycles. The first-order valence-electron chi connectivity index (χ1n) is 6.25. The normalized spacial score (nSPS) is 11.5. The van der Waals surface area contributed by atoms with Crippen LogP contribution in [0.5, 0.6) is 0 Å². The number of benzene rings is 1. The fraction of sp³-hybridized carbons (Fsp3) is 0.214. The van der Waals surface area contributed by atoms with Gasteiger partial charge >= 0.3 is 0 Å². The number of hydrogen-bond acceptors (Lipinski definition) is 6. The molecule has 0 aliphatic heterocycles. The van der Waals surface area contributed by atoms with Crippen molar-refractivity contribution in [3.63, 3.8) is 0 Å². The number of aromatic nitrogens is 2. The fourth-order valence-corrected chi connectivity index (χ4v) is 2.01. The van der Waals surface area contributed by atoms with Crippen LogP contribution in [0.2, 0.25) is 0 Å². The van der Waals surface area contributed by atoms with Crippen molar-refractivity contribution in [3.8, 4) is 6.07 Å². The molecule has 0 fully saturated rings. The van der Waals surface area contributed by atoms with E-state index < -0.39 is 4.92 Å². The largest absolute Gasteiger partial charge is 0.376 e. The molecule has 0 saturated carbocycles. The lowest BCUT2D eigenvalue weighted by Gasteiger charge is -2.16. The zero-order valence-electron chi connectivity index (χ0n) is 11.6. The van der Waals surface area contributed by atoms with E-state index in [9.17, 15) is 10.1 Å². The molecular formula is C14H13N5O2. The SMILES string of the molecule is Cc1nccnc1C(C)Nc1ccc([N+](=O)[O-])cc1C#N. The molecule has 0 aliphatic carbocycles. The molecule has 21 heavy (non-hydrogen) atoms. The van der Waals surface area contributed by atoms with E-state index in [4.69, 9.17) is 5.26 Å². The summed E-state index contributed by atoms with van der Waals surface area (Å²) in [5.41, 5.74) is 2.19. The molecule has 1 aromatic carbocycles. The molecule has 1 heterocycles. The van der Waals surface area contributed by atoms with Crippen molar-refractivity contribution in [3.05, 3.63) is 57.7 Å². The Morgan fingerprint density at radius 2 is 2.10 bits per heavy atom. The van der Waals surface area contributed by atoms with Gasteiger partial charge in [0.05, 0.1) is 33.6 Å². The monoisotopic (exact) mass is 283 g/mol. The summed E-state index contributed by atoms with van der Waals surface area (Å²) in [6, 6.07) is 5.92. The summed E-state index contributed by atoms with van der Waals surface area (Å²) in [4.78, 5) is 18.6. The summed E-state index contributed by atoms with van der Waals surface area (Å²) in [6.45, 7) is 3.74. The minimum Gasteiger partial charge on any atom is -0.376 e. The van der Waals surface area contributed by atoms with Gasteiger partial charge in [-0.2, -0.15) is 5.26 Å². The van der Waals surface area contributed by atoms with Crippen LogP contribution in [-0.4, -0.2) is 14.9 Å². The molecule has 0 amide bonds. The number of aryl methyl sites for hydroxylation is 1. The van der Waals surface area contributed by atoms with Crippen LogP contribution in [0.25, 0.3) is 0 Å². The van der Waals surface area contributed by atoms with Crippen LogP contribution >= 0.6 is 0 Å². The molecule has 0 aliphatic rings. The van der Waals surface area contributed by atoms with Crippen LogP contribution in [0.4, 0.5) is 11.4 Å². The van der Waals surface area contributed by atoms with E-state index in [1.165, 1.54) is 18.2 Å². The first-order chi connectivity index (χ1) is 10.0. The molecule has 0 bridgehead atoms. The molecule has 7 heteroatoms.